The van der Waals surface area contributed by atoms with Crippen molar-refractivity contribution in [1.29, 1.82) is 0 Å². The number of phenols is 1. The Morgan fingerprint density at radius 3 is 2.88 bits per heavy atom. The molecule has 0 spiro atoms. The van der Waals surface area contributed by atoms with Gasteiger partial charge in [0.25, 0.3) is 0 Å². The third-order valence-electron chi connectivity index (χ3n) is 2.40. The van der Waals surface area contributed by atoms with Crippen molar-refractivity contribution < 1.29 is 5.11 Å². The fraction of sp³-hybridized carbons (Fsp3) is 0. The Bertz CT molecular complexity index is 693. The number of pyridine rings is 1. The van der Waals surface area contributed by atoms with Crippen LogP contribution in [0, 0.1) is 0 Å². The van der Waals surface area contributed by atoms with Crippen molar-refractivity contribution in [3.63, 3.8) is 0 Å². The molecule has 0 saturated carbocycles. The van der Waals surface area contributed by atoms with Crippen LogP contribution in [0.2, 0.25) is 5.02 Å². The Morgan fingerprint density at radius 1 is 1.18 bits per heavy atom. The van der Waals surface area contributed by atoms with Gasteiger partial charge in [-0.3, -0.25) is 0 Å². The van der Waals surface area contributed by atoms with Crippen molar-refractivity contribution in [2.45, 2.75) is 0 Å². The summed E-state index contributed by atoms with van der Waals surface area (Å²) in [6, 6.07) is 10.4. The molecule has 0 aliphatic rings. The molecule has 4 nitrogen and oxygen atoms in total. The summed E-state index contributed by atoms with van der Waals surface area (Å²) < 4.78 is 1.61. The fourth-order valence-electron chi connectivity index (χ4n) is 1.63. The van der Waals surface area contributed by atoms with Crippen molar-refractivity contribution in [1.82, 2.24) is 14.6 Å². The highest BCUT2D eigenvalue weighted by molar-refractivity contribution is 6.30. The minimum absolute atomic E-state index is 0.194. The molecule has 17 heavy (non-hydrogen) atoms. The molecule has 0 unspecified atom stereocenters. The van der Waals surface area contributed by atoms with Crippen LogP contribution < -0.4 is 0 Å². The maximum absolute atomic E-state index is 9.41. The molecule has 0 saturated heterocycles. The smallest absolute Gasteiger partial charge is 0.182 e. The molecule has 0 fully saturated rings. The number of phenolic OH excluding ortho intramolecular Hbond substituents is 1. The standard InChI is InChI=1S/C12H8ClN3O/c13-9-4-5-11-14-12(15-16(11)7-9)8-2-1-3-10(17)6-8/h1-7,17H. The molecule has 0 atom stereocenters. The van der Waals surface area contributed by atoms with E-state index in [1.807, 2.05) is 6.07 Å². The van der Waals surface area contributed by atoms with Crippen molar-refractivity contribution >= 4 is 17.2 Å². The van der Waals surface area contributed by atoms with E-state index in [9.17, 15) is 5.11 Å². The Kier molecular flexibility index (Phi) is 2.23. The van der Waals surface area contributed by atoms with Gasteiger partial charge in [0.15, 0.2) is 11.5 Å². The van der Waals surface area contributed by atoms with Crippen LogP contribution in [-0.2, 0) is 0 Å². The minimum atomic E-state index is 0.194. The number of hydrogen-bond donors (Lipinski definition) is 1. The van der Waals surface area contributed by atoms with E-state index in [0.717, 1.165) is 5.56 Å². The van der Waals surface area contributed by atoms with E-state index in [4.69, 9.17) is 11.6 Å². The quantitative estimate of drug-likeness (QED) is 0.717. The molecule has 3 rings (SSSR count). The topological polar surface area (TPSA) is 50.4 Å². The zero-order chi connectivity index (χ0) is 11.8. The van der Waals surface area contributed by atoms with Crippen LogP contribution in [0.25, 0.3) is 17.0 Å². The van der Waals surface area contributed by atoms with E-state index in [2.05, 4.69) is 10.1 Å². The van der Waals surface area contributed by atoms with Crippen molar-refractivity contribution in [3.8, 4) is 17.1 Å². The van der Waals surface area contributed by atoms with Crippen LogP contribution in [0.3, 0.4) is 0 Å². The highest BCUT2D eigenvalue weighted by Crippen LogP contribution is 2.21. The molecular formula is C12H8ClN3O. The fourth-order valence-corrected chi connectivity index (χ4v) is 1.78. The maximum Gasteiger partial charge on any atom is 0.182 e. The van der Waals surface area contributed by atoms with E-state index in [-0.39, 0.29) is 5.75 Å². The predicted octanol–water partition coefficient (Wildman–Crippen LogP) is 2.76. The predicted molar refractivity (Wildman–Crippen MR) is 65.1 cm³/mol. The Morgan fingerprint density at radius 2 is 2.06 bits per heavy atom. The third kappa shape index (κ3) is 1.83. The number of rotatable bonds is 1. The summed E-state index contributed by atoms with van der Waals surface area (Å²) >= 11 is 5.87. The zero-order valence-electron chi connectivity index (χ0n) is 8.71. The second-order valence-electron chi connectivity index (χ2n) is 3.64. The summed E-state index contributed by atoms with van der Waals surface area (Å²) in [7, 11) is 0. The summed E-state index contributed by atoms with van der Waals surface area (Å²) in [5, 5.41) is 14.3. The van der Waals surface area contributed by atoms with Gasteiger partial charge in [0.1, 0.15) is 5.75 Å². The highest BCUT2D eigenvalue weighted by Gasteiger charge is 2.06. The second kappa shape index (κ2) is 3.75. The van der Waals surface area contributed by atoms with Crippen LogP contribution in [-0.4, -0.2) is 19.7 Å². The maximum atomic E-state index is 9.41. The molecule has 0 amide bonds. The van der Waals surface area contributed by atoms with Crippen LogP contribution in [0.5, 0.6) is 5.75 Å². The first kappa shape index (κ1) is 10.1. The van der Waals surface area contributed by atoms with Gasteiger partial charge in [-0.15, -0.1) is 5.10 Å². The highest BCUT2D eigenvalue weighted by atomic mass is 35.5. The molecule has 3 aromatic rings. The molecule has 0 bridgehead atoms. The van der Waals surface area contributed by atoms with Gasteiger partial charge in [-0.2, -0.15) is 0 Å². The van der Waals surface area contributed by atoms with Crippen molar-refractivity contribution in [3.05, 3.63) is 47.6 Å². The average Bonchev–Trinajstić information content (AvgIpc) is 2.72. The van der Waals surface area contributed by atoms with Gasteiger partial charge in [0.2, 0.25) is 0 Å². The zero-order valence-corrected chi connectivity index (χ0v) is 9.46. The number of aromatic hydroxyl groups is 1. The molecule has 2 aromatic heterocycles. The molecular weight excluding hydrogens is 238 g/mol. The van der Waals surface area contributed by atoms with E-state index in [1.54, 1.807) is 41.0 Å². The molecule has 0 radical (unpaired) electrons. The van der Waals surface area contributed by atoms with Crippen LogP contribution >= 0.6 is 11.6 Å². The number of aromatic nitrogens is 3. The minimum Gasteiger partial charge on any atom is -0.508 e. The molecule has 5 heteroatoms. The van der Waals surface area contributed by atoms with Crippen LogP contribution in [0.1, 0.15) is 0 Å². The molecule has 0 aliphatic carbocycles. The molecule has 1 aromatic carbocycles. The van der Waals surface area contributed by atoms with Gasteiger partial charge in [-0.05, 0) is 24.3 Å². The van der Waals surface area contributed by atoms with Gasteiger partial charge < -0.3 is 5.11 Å². The molecule has 0 aliphatic heterocycles. The third-order valence-corrected chi connectivity index (χ3v) is 2.62. The largest absolute Gasteiger partial charge is 0.508 e. The second-order valence-corrected chi connectivity index (χ2v) is 4.07. The summed E-state index contributed by atoms with van der Waals surface area (Å²) in [4.78, 5) is 4.35. The molecule has 1 N–H and O–H groups in total. The van der Waals surface area contributed by atoms with Gasteiger partial charge in [0, 0.05) is 11.8 Å². The van der Waals surface area contributed by atoms with E-state index >= 15 is 0 Å². The van der Waals surface area contributed by atoms with E-state index < -0.39 is 0 Å². The van der Waals surface area contributed by atoms with Crippen molar-refractivity contribution in [2.24, 2.45) is 0 Å². The Hall–Kier alpha value is -2.07. The van der Waals surface area contributed by atoms with Crippen LogP contribution in [0.4, 0.5) is 0 Å². The number of fused-ring (bicyclic) bond motifs is 1. The summed E-state index contributed by atoms with van der Waals surface area (Å²) in [5.41, 5.74) is 1.48. The molecule has 2 heterocycles. The lowest BCUT2D eigenvalue weighted by atomic mass is 10.2. The number of nitrogens with zero attached hydrogens (tertiary/aromatic N) is 3. The average molecular weight is 246 g/mol. The summed E-state index contributed by atoms with van der Waals surface area (Å²) in [5.74, 6) is 0.752. The van der Waals surface area contributed by atoms with Gasteiger partial charge in [-0.25, -0.2) is 9.50 Å². The SMILES string of the molecule is Oc1cccc(-c2nc3ccc(Cl)cn3n2)c1. The summed E-state index contributed by atoms with van der Waals surface area (Å²) in [6.45, 7) is 0. The van der Waals surface area contributed by atoms with Gasteiger partial charge in [0.05, 0.1) is 5.02 Å². The lowest BCUT2D eigenvalue weighted by Crippen LogP contribution is -1.86. The number of halogens is 1. The molecule has 84 valence electrons. The van der Waals surface area contributed by atoms with Crippen molar-refractivity contribution in [2.75, 3.05) is 0 Å². The van der Waals surface area contributed by atoms with Gasteiger partial charge in [-0.1, -0.05) is 23.7 Å². The van der Waals surface area contributed by atoms with E-state index in [0.29, 0.717) is 16.5 Å². The normalized spacial score (nSPS) is 10.9. The number of benzene rings is 1. The van der Waals surface area contributed by atoms with Crippen LogP contribution in [0.15, 0.2) is 42.6 Å². The Labute approximate surface area is 102 Å². The van der Waals surface area contributed by atoms with E-state index in [1.165, 1.54) is 0 Å². The first-order chi connectivity index (χ1) is 8.22. The Balaban J connectivity index is 2.18. The first-order valence-corrected chi connectivity index (χ1v) is 5.41. The monoisotopic (exact) mass is 245 g/mol. The lowest BCUT2D eigenvalue weighted by molar-refractivity contribution is 0.475. The van der Waals surface area contributed by atoms with Gasteiger partial charge >= 0.3 is 0 Å². The summed E-state index contributed by atoms with van der Waals surface area (Å²) in [6.07, 6.45) is 1.69. The first-order valence-electron chi connectivity index (χ1n) is 5.04. The lowest BCUT2D eigenvalue weighted by Gasteiger charge is -1.94. The number of hydrogen-bond acceptors (Lipinski definition) is 3.